The fourth-order valence-electron chi connectivity index (χ4n) is 13.2. The zero-order valence-corrected chi connectivity index (χ0v) is 71.9. The summed E-state index contributed by atoms with van der Waals surface area (Å²) in [6, 6.07) is 8.47. The van der Waals surface area contributed by atoms with Crippen LogP contribution in [0.25, 0.3) is 33.4 Å². The maximum atomic E-state index is 12.3. The van der Waals surface area contributed by atoms with E-state index in [2.05, 4.69) is 54.4 Å². The number of allylic oxidation sites excluding steroid dienone is 4. The van der Waals surface area contributed by atoms with Crippen LogP contribution in [0.5, 0.6) is 11.8 Å². The minimum atomic E-state index is -10.7. The number of ether oxygens (including phenoxy) is 4. The van der Waals surface area contributed by atoms with E-state index in [0.29, 0.717) is 91.4 Å². The normalized spacial score (nSPS) is 18.4. The Morgan fingerprint density at radius 2 is 0.833 bits per heavy atom. The summed E-state index contributed by atoms with van der Waals surface area (Å²) < 4.78 is 155. The van der Waals surface area contributed by atoms with Crippen LogP contribution in [0, 0.1) is 22.3 Å². The molecule has 33 heteroatoms. The van der Waals surface area contributed by atoms with Crippen LogP contribution >= 0.6 is 38.9 Å². The van der Waals surface area contributed by atoms with Gasteiger partial charge in [-0.2, -0.15) is 10.2 Å². The van der Waals surface area contributed by atoms with E-state index in [4.69, 9.17) is 46.3 Å². The maximum Gasteiger partial charge on any atom is 0.410 e. The summed E-state index contributed by atoms with van der Waals surface area (Å²) in [7, 11) is -16.3. The zero-order valence-electron chi connectivity index (χ0n) is 67.4. The molecule has 12 rings (SSSR count). The molecule has 4 aromatic heterocycles. The molecule has 2 amide bonds. The van der Waals surface area contributed by atoms with Gasteiger partial charge in [-0.3, -0.25) is 0 Å². The van der Waals surface area contributed by atoms with Gasteiger partial charge in [0.15, 0.2) is 31.0 Å². The monoisotopic (exact) mass is 1820 g/mol. The number of nitrogens with zero attached hydrogens (tertiary/aromatic N) is 10. The third-order valence-electron chi connectivity index (χ3n) is 17.8. The number of hydrogen-bond acceptors (Lipinski definition) is 16. The number of alkyl halides is 2. The smallest absolute Gasteiger partial charge is 0.410 e. The number of amides is 2. The Morgan fingerprint density at radius 3 is 1.13 bits per heavy atom. The summed E-state index contributed by atoms with van der Waals surface area (Å²) in [4.78, 5) is 45.1. The van der Waals surface area contributed by atoms with Crippen molar-refractivity contribution in [3.05, 3.63) is 120 Å². The predicted octanol–water partition coefficient (Wildman–Crippen LogP) is 21.7. The van der Waals surface area contributed by atoms with Crippen molar-refractivity contribution in [2.24, 2.45) is 0 Å². The number of benzene rings is 2. The molecule has 2 aliphatic heterocycles. The summed E-state index contributed by atoms with van der Waals surface area (Å²) >= 11 is 9.53. The Kier molecular flexibility index (Phi) is 37.6. The van der Waals surface area contributed by atoms with E-state index in [1.807, 2.05) is 41.5 Å². The van der Waals surface area contributed by atoms with Crippen LogP contribution in [0.4, 0.5) is 34.8 Å². The van der Waals surface area contributed by atoms with Crippen LogP contribution < -0.4 is 9.47 Å². The van der Waals surface area contributed by atoms with Crippen molar-refractivity contribution in [3.8, 4) is 23.1 Å². The minimum Gasteiger partial charge on any atom is -0.474 e. The van der Waals surface area contributed by atoms with Crippen molar-refractivity contribution >= 4 is 92.9 Å². The number of carbonyl (C=O) groups is 2. The summed E-state index contributed by atoms with van der Waals surface area (Å²) in [5.74, 6) is 0.734. The molecule has 0 spiro atoms. The molecule has 0 unspecified atom stereocenters. The molecule has 6 heterocycles. The third kappa shape index (κ3) is 34.3. The van der Waals surface area contributed by atoms with Crippen molar-refractivity contribution < 1.29 is 94.8 Å². The number of piperidine rings is 2. The number of halogens is 8. The molecule has 6 aliphatic rings. The first-order valence-electron chi connectivity index (χ1n) is 37.3. The van der Waals surface area contributed by atoms with Gasteiger partial charge in [0.2, 0.25) is 11.8 Å². The fraction of sp³-hybridized carbons (Fsp3) is 0.587. The van der Waals surface area contributed by atoms with Crippen LogP contribution in [-0.4, -0.2) is 163 Å². The summed E-state index contributed by atoms with van der Waals surface area (Å²) in [5.41, 5.74) is 4.26. The molecule has 5 fully saturated rings. The molecule has 6 aromatic rings. The topological polar surface area (TPSA) is 233 Å². The van der Waals surface area contributed by atoms with E-state index < -0.39 is 38.7 Å². The number of hydrogen-bond donors (Lipinski definition) is 0. The van der Waals surface area contributed by atoms with Crippen LogP contribution in [0.3, 0.4) is 0 Å². The molecule has 0 atom stereocenters. The molecule has 2 saturated heterocycles. The first-order valence-corrected chi connectivity index (χ1v) is 43.9. The maximum absolute atomic E-state index is 12.3. The third-order valence-corrected chi connectivity index (χ3v) is 24.6. The number of fused-ring (bicyclic) bond motifs is 2. The van der Waals surface area contributed by atoms with E-state index in [-0.39, 0.29) is 108 Å². The van der Waals surface area contributed by atoms with Gasteiger partial charge in [-0.15, -0.1) is 23.2 Å². The van der Waals surface area contributed by atoms with Gasteiger partial charge in [-0.05, 0) is 193 Å². The van der Waals surface area contributed by atoms with Crippen molar-refractivity contribution in [3.63, 3.8) is 0 Å². The van der Waals surface area contributed by atoms with Crippen LogP contribution in [-0.2, 0) is 49.3 Å². The average Bonchev–Trinajstić information content (AvgIpc) is 1.71. The van der Waals surface area contributed by atoms with E-state index in [9.17, 15) is 51.6 Å². The predicted molar refractivity (Wildman–Crippen MR) is 424 cm³/mol. The molecule has 0 N–H and O–H groups in total. The fourth-order valence-corrected chi connectivity index (χ4v) is 19.6. The zero-order chi connectivity index (χ0) is 79.0. The van der Waals surface area contributed by atoms with Gasteiger partial charge < -0.3 is 43.6 Å². The van der Waals surface area contributed by atoms with Gasteiger partial charge in [0.05, 0.1) is 58.6 Å². The van der Waals surface area contributed by atoms with Crippen molar-refractivity contribution in [2.45, 2.75) is 247 Å². The standard InChI is InChI=1S/2C22H27N5O5S.C18H33P.C8H12.CH2Cl2.CH4.3CH3.F6P.Ir/c2*1-22(2,3)32-21(28)26-11-9-16(10-12-26)31-20-18-13-25-27(19(18)23-14-24-20)15-5-7-17(8-6-15)33(4,29)30;1-4-10-16(11-5-1)19(17-12-6-2-7-13-17)18-14-8-3-9-15-18;1-2-4-6-8-7-5-3-1;2-1-3;;;;;1-7(2,3,4,5)6;/h2*5-8,13-14,16H,9-12H2,1-4H3;16-18H,1-15H2;1-2,7-8H,3-6H2;1H2;1H4;3*1H3;;/q;;;;;;2*-1;+1;-1;/p+1/b;;;2-1-,8-7?;;;;;;;/i5T,6T;;;;;1T;;;;;. The van der Waals surface area contributed by atoms with Gasteiger partial charge in [0, 0.05) is 101 Å². The Balaban J connectivity index is 0.000000505. The second kappa shape index (κ2) is 43.6. The number of carbonyl (C=O) groups excluding carboxylic acids is 2. The molecule has 3 saturated carbocycles. The SMILES string of the molecule is C1=CCC/C=C\CC1.C1CCC([PH+](C2CCCCC2)C2CCCCC2)CC1.CC(C)(C)OC(=O)N1CCC(Oc2ncnc3c2cnn3-c2ccc(S(C)(=O)=O)cc2)CC1.ClCCl.F[P-](F)(F)(F)(F)F.[3H]C.[3H]c1cc(S(C)(=O)=O)cc([3H])c1-n1ncc2c(OC3CCN(C(=O)OC(C)(C)C)CC3)ncnc21.[CH3+].[CH3-].[CH3-].[Ir]. The second-order valence-corrected chi connectivity index (χ2v) is 38.7. The van der Waals surface area contributed by atoms with Gasteiger partial charge in [0.25, 0.3) is 0 Å². The van der Waals surface area contributed by atoms with Gasteiger partial charge >= 0.3 is 45.2 Å². The van der Waals surface area contributed by atoms with Gasteiger partial charge in [-0.25, -0.2) is 55.7 Å². The van der Waals surface area contributed by atoms with E-state index >= 15 is 0 Å². The first kappa shape index (κ1) is 93.2. The van der Waals surface area contributed by atoms with Crippen molar-refractivity contribution in [1.82, 2.24) is 49.3 Å². The number of likely N-dealkylation sites (tertiary alicyclic amines) is 2. The number of sulfone groups is 2. The van der Waals surface area contributed by atoms with E-state index in [0.717, 1.165) is 6.26 Å². The molecule has 4 aliphatic carbocycles. The summed E-state index contributed by atoms with van der Waals surface area (Å²) in [6.45, 7) is 13.1. The van der Waals surface area contributed by atoms with Gasteiger partial charge in [-0.1, -0.05) is 51.0 Å². The summed E-state index contributed by atoms with van der Waals surface area (Å²) in [6.07, 6.45) is 47.4. The van der Waals surface area contributed by atoms with Crippen molar-refractivity contribution in [1.29, 1.82) is 0 Å². The number of aromatic nitrogens is 8. The molecule has 1 radical (unpaired) electrons. The molecule has 613 valence electrons. The molecule has 108 heavy (non-hydrogen) atoms. The molecule has 0 bridgehead atoms. The quantitative estimate of drug-likeness (QED) is 0.0386. The average molecular weight is 1830 g/mol. The Hall–Kier alpha value is -5.40. The number of rotatable bonds is 11. The first-order chi connectivity index (χ1) is 50.2. The molecule has 20 nitrogen and oxygen atoms in total. The van der Waals surface area contributed by atoms with Crippen molar-refractivity contribution in [2.75, 3.05) is 44.0 Å². The van der Waals surface area contributed by atoms with E-state index in [1.165, 1.54) is 104 Å². The molecular formula is C75H115Cl2F6IrN10O10P2S2-. The Morgan fingerprint density at radius 1 is 0.537 bits per heavy atom. The summed E-state index contributed by atoms with van der Waals surface area (Å²) in [5, 5.41) is 10.0. The minimum absolute atomic E-state index is 0. The Labute approximate surface area is 666 Å². The molecule has 2 aromatic carbocycles. The van der Waals surface area contributed by atoms with Crippen LogP contribution in [0.1, 0.15) is 201 Å². The molecular weight excluding hydrogens is 1700 g/mol. The Bertz CT molecular complexity index is 4020. The van der Waals surface area contributed by atoms with Crippen LogP contribution in [0.15, 0.2) is 108 Å². The van der Waals surface area contributed by atoms with Crippen LogP contribution in [0.2, 0.25) is 0 Å². The van der Waals surface area contributed by atoms with Gasteiger partial charge in [0.1, 0.15) is 46.8 Å². The largest absolute Gasteiger partial charge is 0.474 e. The second-order valence-electron chi connectivity index (χ2n) is 28.5. The van der Waals surface area contributed by atoms with E-state index in [1.54, 1.807) is 129 Å².